The molecule has 1 heterocycles. The monoisotopic (exact) mass is 305 g/mol. The maximum Gasteiger partial charge on any atom is 0.363 e. The number of hydrogen-bond donors (Lipinski definition) is 0. The summed E-state index contributed by atoms with van der Waals surface area (Å²) in [5, 5.41) is 0. The summed E-state index contributed by atoms with van der Waals surface area (Å²) < 4.78 is 5.27. The molecule has 0 amide bonds. The lowest BCUT2D eigenvalue weighted by Crippen LogP contribution is -2.05. The van der Waals surface area contributed by atoms with Crippen LogP contribution in [-0.2, 0) is 16.0 Å². The predicted octanol–water partition coefficient (Wildman–Crippen LogP) is 4.23. The number of aryl methyl sites for hydroxylation is 3. The third kappa shape index (κ3) is 3.75. The Labute approximate surface area is 136 Å². The van der Waals surface area contributed by atoms with Crippen molar-refractivity contribution in [2.75, 3.05) is 0 Å². The summed E-state index contributed by atoms with van der Waals surface area (Å²) in [4.78, 5) is 16.3. The van der Waals surface area contributed by atoms with E-state index < -0.39 is 0 Å². The van der Waals surface area contributed by atoms with Gasteiger partial charge in [0.15, 0.2) is 11.6 Å². The van der Waals surface area contributed by atoms with Gasteiger partial charge < -0.3 is 4.74 Å². The highest BCUT2D eigenvalue weighted by Gasteiger charge is 2.22. The van der Waals surface area contributed by atoms with E-state index in [0.717, 1.165) is 17.5 Å². The van der Waals surface area contributed by atoms with Gasteiger partial charge in [0.1, 0.15) is 0 Å². The number of hydrogen-bond acceptors (Lipinski definition) is 3. The lowest BCUT2D eigenvalue weighted by Gasteiger charge is -2.01. The third-order valence-electron chi connectivity index (χ3n) is 3.89. The fraction of sp³-hybridized carbons (Fsp3) is 0.200. The normalized spacial score (nSPS) is 15.7. The highest BCUT2D eigenvalue weighted by molar-refractivity contribution is 6.07. The molecule has 0 aliphatic carbocycles. The fourth-order valence-electron chi connectivity index (χ4n) is 2.46. The Hall–Kier alpha value is -2.68. The molecule has 0 unspecified atom stereocenters. The Morgan fingerprint density at radius 2 is 1.74 bits per heavy atom. The molecule has 0 fully saturated rings. The fourth-order valence-corrected chi connectivity index (χ4v) is 2.46. The highest BCUT2D eigenvalue weighted by Crippen LogP contribution is 2.19. The minimum Gasteiger partial charge on any atom is -0.407 e. The van der Waals surface area contributed by atoms with Gasteiger partial charge in [-0.2, -0.15) is 0 Å². The van der Waals surface area contributed by atoms with Crippen molar-refractivity contribution >= 4 is 17.9 Å². The largest absolute Gasteiger partial charge is 0.407 e. The summed E-state index contributed by atoms with van der Waals surface area (Å²) in [7, 11) is 0. The van der Waals surface area contributed by atoms with Crippen LogP contribution in [0, 0.1) is 13.8 Å². The molecule has 2 aromatic rings. The first-order valence-electron chi connectivity index (χ1n) is 7.74. The van der Waals surface area contributed by atoms with Gasteiger partial charge >= 0.3 is 5.97 Å². The smallest absolute Gasteiger partial charge is 0.363 e. The first-order valence-corrected chi connectivity index (χ1v) is 7.74. The van der Waals surface area contributed by atoms with Gasteiger partial charge in [0.25, 0.3) is 0 Å². The van der Waals surface area contributed by atoms with E-state index in [9.17, 15) is 4.79 Å². The summed E-state index contributed by atoms with van der Waals surface area (Å²) in [6, 6.07) is 16.3. The van der Waals surface area contributed by atoms with Crippen LogP contribution in [0.3, 0.4) is 0 Å². The van der Waals surface area contributed by atoms with Crippen molar-refractivity contribution in [3.05, 3.63) is 76.5 Å². The van der Waals surface area contributed by atoms with Crippen LogP contribution in [0.15, 0.2) is 59.2 Å². The number of carbonyl (C=O) groups is 1. The maximum absolute atomic E-state index is 12.0. The van der Waals surface area contributed by atoms with Crippen LogP contribution in [0.2, 0.25) is 0 Å². The van der Waals surface area contributed by atoms with Crippen molar-refractivity contribution in [2.24, 2.45) is 4.99 Å². The topological polar surface area (TPSA) is 38.7 Å². The lowest BCUT2D eigenvalue weighted by atomic mass is 10.1. The molecule has 0 radical (unpaired) electrons. The van der Waals surface area contributed by atoms with E-state index in [4.69, 9.17) is 4.74 Å². The molecule has 1 aliphatic heterocycles. The zero-order valence-electron chi connectivity index (χ0n) is 13.4. The second kappa shape index (κ2) is 6.61. The molecule has 0 saturated heterocycles. The second-order valence-corrected chi connectivity index (χ2v) is 5.77. The Balaban J connectivity index is 1.71. The molecule has 23 heavy (non-hydrogen) atoms. The summed E-state index contributed by atoms with van der Waals surface area (Å²) in [6.07, 6.45) is 3.22. The number of rotatable bonds is 4. The molecule has 0 atom stereocenters. The zero-order chi connectivity index (χ0) is 16.2. The van der Waals surface area contributed by atoms with Crippen molar-refractivity contribution in [1.29, 1.82) is 0 Å². The van der Waals surface area contributed by atoms with Crippen molar-refractivity contribution in [3.8, 4) is 0 Å². The lowest BCUT2D eigenvalue weighted by molar-refractivity contribution is -0.130. The molecule has 116 valence electrons. The van der Waals surface area contributed by atoms with Gasteiger partial charge in [-0.1, -0.05) is 54.1 Å². The van der Waals surface area contributed by atoms with Gasteiger partial charge in [-0.3, -0.25) is 0 Å². The molecule has 3 heteroatoms. The first kappa shape index (κ1) is 15.2. The Bertz CT molecular complexity index is 786. The molecule has 3 nitrogen and oxygen atoms in total. The maximum atomic E-state index is 12.0. The standard InChI is InChI=1S/C20H19NO2/c1-14-7-9-16(10-8-14)11-12-19-21-18(20(22)23-19)13-17-6-4-3-5-15(17)2/h3-10,13H,11-12H2,1-2H3/b18-13-. The van der Waals surface area contributed by atoms with E-state index in [1.54, 1.807) is 6.08 Å². The van der Waals surface area contributed by atoms with E-state index in [-0.39, 0.29) is 5.97 Å². The quantitative estimate of drug-likeness (QED) is 0.626. The molecule has 0 bridgehead atoms. The SMILES string of the molecule is Cc1ccc(CCC2=N/C(=C\c3ccccc3C)C(=O)O2)cc1. The second-order valence-electron chi connectivity index (χ2n) is 5.77. The van der Waals surface area contributed by atoms with E-state index in [0.29, 0.717) is 18.0 Å². The molecule has 3 rings (SSSR count). The van der Waals surface area contributed by atoms with Gasteiger partial charge in [-0.25, -0.2) is 9.79 Å². The first-order chi connectivity index (χ1) is 11.1. The van der Waals surface area contributed by atoms with Crippen LogP contribution in [0.1, 0.15) is 28.7 Å². The van der Waals surface area contributed by atoms with Crippen LogP contribution >= 0.6 is 0 Å². The number of ether oxygens (including phenoxy) is 1. The summed E-state index contributed by atoms with van der Waals surface area (Å²) >= 11 is 0. The molecule has 0 N–H and O–H groups in total. The number of aliphatic imine (C=N–C) groups is 1. The van der Waals surface area contributed by atoms with Crippen molar-refractivity contribution in [2.45, 2.75) is 26.7 Å². The summed E-state index contributed by atoms with van der Waals surface area (Å²) in [5.41, 5.74) is 4.92. The number of benzene rings is 2. The molecular weight excluding hydrogens is 286 g/mol. The highest BCUT2D eigenvalue weighted by atomic mass is 16.6. The van der Waals surface area contributed by atoms with E-state index in [1.807, 2.05) is 31.2 Å². The predicted molar refractivity (Wildman–Crippen MR) is 92.2 cm³/mol. The third-order valence-corrected chi connectivity index (χ3v) is 3.89. The van der Waals surface area contributed by atoms with Crippen LogP contribution in [0.5, 0.6) is 0 Å². The van der Waals surface area contributed by atoms with Gasteiger partial charge in [0.2, 0.25) is 0 Å². The average Bonchev–Trinajstić information content (AvgIpc) is 2.89. The number of nitrogens with zero attached hydrogens (tertiary/aromatic N) is 1. The van der Waals surface area contributed by atoms with Crippen LogP contribution in [0.25, 0.3) is 6.08 Å². The van der Waals surface area contributed by atoms with E-state index >= 15 is 0 Å². The van der Waals surface area contributed by atoms with E-state index in [1.165, 1.54) is 11.1 Å². The van der Waals surface area contributed by atoms with Gasteiger partial charge in [-0.15, -0.1) is 0 Å². The number of esters is 1. The zero-order valence-corrected chi connectivity index (χ0v) is 13.4. The van der Waals surface area contributed by atoms with Crippen molar-refractivity contribution in [3.63, 3.8) is 0 Å². The molecule has 1 aliphatic rings. The van der Waals surface area contributed by atoms with Crippen LogP contribution in [-0.4, -0.2) is 11.9 Å². The van der Waals surface area contributed by atoms with Gasteiger partial charge in [0, 0.05) is 6.42 Å². The summed E-state index contributed by atoms with van der Waals surface area (Å²) in [5.74, 6) is 0.127. The Morgan fingerprint density at radius 1 is 1.00 bits per heavy atom. The molecule has 0 saturated carbocycles. The number of cyclic esters (lactones) is 1. The molecule has 0 aromatic heterocycles. The molecule has 2 aromatic carbocycles. The average molecular weight is 305 g/mol. The van der Waals surface area contributed by atoms with Crippen molar-refractivity contribution in [1.82, 2.24) is 0 Å². The van der Waals surface area contributed by atoms with Crippen molar-refractivity contribution < 1.29 is 9.53 Å². The minimum absolute atomic E-state index is 0.368. The van der Waals surface area contributed by atoms with Gasteiger partial charge in [-0.05, 0) is 43.0 Å². The minimum atomic E-state index is -0.368. The van der Waals surface area contributed by atoms with Crippen LogP contribution in [0.4, 0.5) is 0 Å². The molecular formula is C20H19NO2. The summed E-state index contributed by atoms with van der Waals surface area (Å²) in [6.45, 7) is 4.07. The Kier molecular flexibility index (Phi) is 4.38. The molecule has 0 spiro atoms. The van der Waals surface area contributed by atoms with Crippen LogP contribution < -0.4 is 0 Å². The van der Waals surface area contributed by atoms with Gasteiger partial charge in [0.05, 0.1) is 0 Å². The number of carbonyl (C=O) groups excluding carboxylic acids is 1. The Morgan fingerprint density at radius 3 is 2.48 bits per heavy atom. The van der Waals surface area contributed by atoms with E-state index in [2.05, 4.69) is 36.2 Å².